The van der Waals surface area contributed by atoms with Crippen LogP contribution in [0.2, 0.25) is 0 Å². The fourth-order valence-corrected chi connectivity index (χ4v) is 4.34. The van der Waals surface area contributed by atoms with Crippen LogP contribution in [0.1, 0.15) is 62.0 Å². The summed E-state index contributed by atoms with van der Waals surface area (Å²) in [4.78, 5) is 47.7. The molecule has 1 amide bonds. The Morgan fingerprint density at radius 2 is 1.97 bits per heavy atom. The summed E-state index contributed by atoms with van der Waals surface area (Å²) in [5, 5.41) is 0.211. The lowest BCUT2D eigenvalue weighted by molar-refractivity contribution is 0.0745. The molecule has 1 saturated heterocycles. The molecule has 2 fully saturated rings. The molecule has 2 atom stereocenters. The lowest BCUT2D eigenvalue weighted by Crippen LogP contribution is -2.37. The minimum Gasteiger partial charge on any atom is -0.336 e. The van der Waals surface area contributed by atoms with Gasteiger partial charge in [0, 0.05) is 30.7 Å². The van der Waals surface area contributed by atoms with Crippen LogP contribution >= 0.6 is 24.8 Å². The Bertz CT molecular complexity index is 1080. The molecule has 0 spiro atoms. The number of carbonyl (C=O) groups excluding carboxylic acids is 1. The minimum absolute atomic E-state index is 0. The molecule has 172 valence electrons. The van der Waals surface area contributed by atoms with E-state index in [9.17, 15) is 14.4 Å². The molecular formula is C21H31Cl2N5O3. The molecule has 3 N–H and O–H groups in total. The molecule has 0 aromatic carbocycles. The van der Waals surface area contributed by atoms with Gasteiger partial charge >= 0.3 is 5.69 Å². The molecule has 1 aliphatic heterocycles. The maximum atomic E-state index is 13.5. The van der Waals surface area contributed by atoms with Crippen molar-refractivity contribution in [3.05, 3.63) is 38.2 Å². The first-order valence-electron chi connectivity index (χ1n) is 10.5. The van der Waals surface area contributed by atoms with Gasteiger partial charge < -0.3 is 10.6 Å². The first-order valence-corrected chi connectivity index (χ1v) is 10.5. The highest BCUT2D eigenvalue weighted by atomic mass is 35.5. The number of halogens is 2. The molecule has 3 heterocycles. The molecule has 4 rings (SSSR count). The molecule has 1 aliphatic carbocycles. The summed E-state index contributed by atoms with van der Waals surface area (Å²) in [6.45, 7) is 7.56. The zero-order valence-electron chi connectivity index (χ0n) is 18.1. The second-order valence-electron chi connectivity index (χ2n) is 8.98. The summed E-state index contributed by atoms with van der Waals surface area (Å²) in [5.41, 5.74) is 6.26. The predicted octanol–water partition coefficient (Wildman–Crippen LogP) is 2.27. The van der Waals surface area contributed by atoms with Crippen LogP contribution in [0.25, 0.3) is 11.0 Å². The number of fused-ring (bicyclic) bond motifs is 1. The second kappa shape index (κ2) is 9.71. The van der Waals surface area contributed by atoms with E-state index in [4.69, 9.17) is 5.73 Å². The number of pyridine rings is 1. The number of nitrogens with two attached hydrogens (primary N) is 1. The quantitative estimate of drug-likeness (QED) is 0.693. The van der Waals surface area contributed by atoms with E-state index >= 15 is 0 Å². The predicted molar refractivity (Wildman–Crippen MR) is 126 cm³/mol. The van der Waals surface area contributed by atoms with Crippen molar-refractivity contribution in [2.45, 2.75) is 58.5 Å². The lowest BCUT2D eigenvalue weighted by Gasteiger charge is -2.23. The van der Waals surface area contributed by atoms with Crippen LogP contribution < -0.4 is 17.0 Å². The van der Waals surface area contributed by atoms with Crippen molar-refractivity contribution in [2.24, 2.45) is 17.6 Å². The summed E-state index contributed by atoms with van der Waals surface area (Å²) in [6, 6.07) is 1.83. The summed E-state index contributed by atoms with van der Waals surface area (Å²) < 4.78 is 1.50. The highest BCUT2D eigenvalue weighted by Gasteiger charge is 2.35. The van der Waals surface area contributed by atoms with Gasteiger partial charge in [-0.05, 0) is 50.6 Å². The van der Waals surface area contributed by atoms with E-state index in [1.807, 2.05) is 20.8 Å². The van der Waals surface area contributed by atoms with Gasteiger partial charge in [-0.25, -0.2) is 9.78 Å². The third kappa shape index (κ3) is 4.81. The molecular weight excluding hydrogens is 441 g/mol. The molecule has 2 aromatic rings. The van der Waals surface area contributed by atoms with Gasteiger partial charge in [0.15, 0.2) is 5.65 Å². The fourth-order valence-electron chi connectivity index (χ4n) is 4.34. The molecule has 2 aromatic heterocycles. The van der Waals surface area contributed by atoms with Gasteiger partial charge in [-0.1, -0.05) is 13.8 Å². The van der Waals surface area contributed by atoms with E-state index < -0.39 is 11.2 Å². The number of carbonyl (C=O) groups is 1. The van der Waals surface area contributed by atoms with E-state index in [0.717, 1.165) is 25.0 Å². The van der Waals surface area contributed by atoms with Crippen LogP contribution in [-0.2, 0) is 6.54 Å². The number of rotatable bonds is 5. The molecule has 2 unspecified atom stereocenters. The van der Waals surface area contributed by atoms with Crippen molar-refractivity contribution in [1.82, 2.24) is 19.4 Å². The van der Waals surface area contributed by atoms with Crippen LogP contribution in [-0.4, -0.2) is 44.5 Å². The summed E-state index contributed by atoms with van der Waals surface area (Å²) in [5.74, 6) is 0.572. The van der Waals surface area contributed by atoms with Gasteiger partial charge in [-0.15, -0.1) is 24.8 Å². The van der Waals surface area contributed by atoms with E-state index in [-0.39, 0.29) is 54.0 Å². The van der Waals surface area contributed by atoms with E-state index in [0.29, 0.717) is 36.8 Å². The SMILES string of the molecule is CC(C)Cn1c(=O)[nH]c(=O)c2c(C(=O)N3CC(CN)CC3C)cc(C3CC3)nc21.Cl.Cl. The Morgan fingerprint density at radius 1 is 1.29 bits per heavy atom. The van der Waals surface area contributed by atoms with Gasteiger partial charge in [0.2, 0.25) is 0 Å². The van der Waals surface area contributed by atoms with Crippen LogP contribution in [0.5, 0.6) is 0 Å². The number of hydrogen-bond acceptors (Lipinski definition) is 5. The highest BCUT2D eigenvalue weighted by Crippen LogP contribution is 2.40. The first kappa shape index (κ1) is 25.4. The van der Waals surface area contributed by atoms with Gasteiger partial charge in [0.25, 0.3) is 11.5 Å². The van der Waals surface area contributed by atoms with Crippen molar-refractivity contribution < 1.29 is 4.79 Å². The Hall–Kier alpha value is -1.90. The summed E-state index contributed by atoms with van der Waals surface area (Å²) in [7, 11) is 0. The van der Waals surface area contributed by atoms with Crippen LogP contribution in [0.15, 0.2) is 15.7 Å². The first-order chi connectivity index (χ1) is 13.8. The van der Waals surface area contributed by atoms with Crippen LogP contribution in [0.3, 0.4) is 0 Å². The maximum Gasteiger partial charge on any atom is 0.330 e. The third-order valence-corrected chi connectivity index (χ3v) is 6.00. The topological polar surface area (TPSA) is 114 Å². The second-order valence-corrected chi connectivity index (χ2v) is 8.98. The standard InChI is InChI=1S/C21H29N5O3.2ClH/c1-11(2)9-26-18-17(19(27)24-21(26)29)15(7-16(23-18)14-4-5-14)20(28)25-10-13(8-22)6-12(25)3;;/h7,11-14H,4-6,8-10,22H2,1-3H3,(H,24,27,29);2*1H. The van der Waals surface area contributed by atoms with Crippen molar-refractivity contribution in [1.29, 1.82) is 0 Å². The van der Waals surface area contributed by atoms with Crippen molar-refractivity contribution >= 4 is 41.8 Å². The monoisotopic (exact) mass is 471 g/mol. The number of nitrogens with one attached hydrogen (secondary N) is 1. The number of aromatic amines is 1. The molecule has 0 radical (unpaired) electrons. The normalized spacial score (nSPS) is 20.6. The largest absolute Gasteiger partial charge is 0.336 e. The zero-order valence-corrected chi connectivity index (χ0v) is 19.7. The van der Waals surface area contributed by atoms with Crippen molar-refractivity contribution in [2.75, 3.05) is 13.1 Å². The van der Waals surface area contributed by atoms with Crippen LogP contribution in [0.4, 0.5) is 0 Å². The fraction of sp³-hybridized carbons (Fsp3) is 0.619. The average Bonchev–Trinajstić information content (AvgIpc) is 3.45. The highest BCUT2D eigenvalue weighted by molar-refractivity contribution is 6.05. The third-order valence-electron chi connectivity index (χ3n) is 6.00. The number of aromatic nitrogens is 3. The van der Waals surface area contributed by atoms with E-state index in [1.165, 1.54) is 4.57 Å². The molecule has 10 heteroatoms. The zero-order chi connectivity index (χ0) is 20.9. The number of nitrogens with zero attached hydrogens (tertiary/aromatic N) is 3. The van der Waals surface area contributed by atoms with Crippen molar-refractivity contribution in [3.63, 3.8) is 0 Å². The van der Waals surface area contributed by atoms with Crippen molar-refractivity contribution in [3.8, 4) is 0 Å². The maximum absolute atomic E-state index is 13.5. The lowest BCUT2D eigenvalue weighted by atomic mass is 10.1. The van der Waals surface area contributed by atoms with Gasteiger partial charge in [0.05, 0.1) is 10.9 Å². The Balaban J connectivity index is 0.00000171. The molecule has 8 nitrogen and oxygen atoms in total. The van der Waals surface area contributed by atoms with Gasteiger partial charge in [-0.2, -0.15) is 0 Å². The Morgan fingerprint density at radius 3 is 2.52 bits per heavy atom. The van der Waals surface area contributed by atoms with E-state index in [1.54, 1.807) is 11.0 Å². The van der Waals surface area contributed by atoms with Gasteiger partial charge in [0.1, 0.15) is 0 Å². The number of hydrogen-bond donors (Lipinski definition) is 2. The summed E-state index contributed by atoms with van der Waals surface area (Å²) in [6.07, 6.45) is 2.88. The number of likely N-dealkylation sites (tertiary alicyclic amines) is 1. The van der Waals surface area contributed by atoms with Crippen LogP contribution in [0, 0.1) is 11.8 Å². The average molecular weight is 472 g/mol. The number of amides is 1. The Kier molecular flexibility index (Phi) is 7.94. The molecule has 0 bridgehead atoms. The molecule has 2 aliphatic rings. The smallest absolute Gasteiger partial charge is 0.330 e. The van der Waals surface area contributed by atoms with Gasteiger partial charge in [-0.3, -0.25) is 19.1 Å². The number of H-pyrrole nitrogens is 1. The Labute approximate surface area is 193 Å². The molecule has 1 saturated carbocycles. The summed E-state index contributed by atoms with van der Waals surface area (Å²) >= 11 is 0. The minimum atomic E-state index is -0.551. The molecule has 31 heavy (non-hydrogen) atoms. The van der Waals surface area contributed by atoms with E-state index in [2.05, 4.69) is 9.97 Å².